The van der Waals surface area contributed by atoms with Crippen molar-refractivity contribution in [1.29, 1.82) is 0 Å². The van der Waals surface area contributed by atoms with Crippen LogP contribution in [0, 0.1) is 0 Å². The Labute approximate surface area is 142 Å². The van der Waals surface area contributed by atoms with Gasteiger partial charge in [0.25, 0.3) is 0 Å². The van der Waals surface area contributed by atoms with Gasteiger partial charge in [-0.15, -0.1) is 11.8 Å². The molecule has 0 unspecified atom stereocenters. The molecular weight excluding hydrogens is 358 g/mol. The van der Waals surface area contributed by atoms with Crippen molar-refractivity contribution in [1.82, 2.24) is 0 Å². The minimum atomic E-state index is -0.673. The lowest BCUT2D eigenvalue weighted by molar-refractivity contribution is 0.480. The monoisotopic (exact) mass is 373 g/mol. The number of nitrogens with two attached hydrogens (primary N) is 1. The minimum absolute atomic E-state index is 0.517. The Hall–Kier alpha value is -1.59. The fraction of sp³-hybridized carbons (Fsp3) is 0.176. The van der Waals surface area contributed by atoms with Crippen molar-refractivity contribution in [3.05, 3.63) is 70.2 Å². The molecule has 0 fully saturated rings. The fourth-order valence-electron chi connectivity index (χ4n) is 2.58. The van der Waals surface area contributed by atoms with E-state index in [1.807, 2.05) is 36.6 Å². The van der Waals surface area contributed by atoms with E-state index >= 15 is 0 Å². The van der Waals surface area contributed by atoms with Gasteiger partial charge in [-0.2, -0.15) is 0 Å². The Balaban J connectivity index is 2.10. The summed E-state index contributed by atoms with van der Waals surface area (Å²) in [6, 6.07) is 18.4. The maximum Gasteiger partial charge on any atom is 0.183 e. The molecule has 2 aromatic carbocycles. The Morgan fingerprint density at radius 2 is 1.86 bits per heavy atom. The molecule has 2 aromatic rings. The third-order valence-electron chi connectivity index (χ3n) is 3.58. The molecule has 0 amide bonds. The zero-order chi connectivity index (χ0) is 15.6. The number of aliphatic imine (C=N–C) groups is 2. The topological polar surface area (TPSA) is 50.7 Å². The molecule has 1 aliphatic rings. The normalized spacial score (nSPS) is 20.6. The summed E-state index contributed by atoms with van der Waals surface area (Å²) in [6.07, 6.45) is 2.66. The van der Waals surface area contributed by atoms with Crippen molar-refractivity contribution in [2.45, 2.75) is 12.1 Å². The fourth-order valence-corrected chi connectivity index (χ4v) is 3.47. The second-order valence-corrected chi connectivity index (χ2v) is 6.82. The maximum atomic E-state index is 6.08. The van der Waals surface area contributed by atoms with Crippen LogP contribution in [0.25, 0.3) is 0 Å². The highest BCUT2D eigenvalue weighted by Crippen LogP contribution is 2.37. The smallest absolute Gasteiger partial charge is 0.183 e. The van der Waals surface area contributed by atoms with Gasteiger partial charge in [0, 0.05) is 16.5 Å². The molecule has 3 rings (SSSR count). The number of amidine groups is 1. The molecule has 0 saturated carbocycles. The van der Waals surface area contributed by atoms with Crippen LogP contribution in [0.15, 0.2) is 69.1 Å². The van der Waals surface area contributed by atoms with Gasteiger partial charge >= 0.3 is 0 Å². The molecule has 2 N–H and O–H groups in total. The van der Waals surface area contributed by atoms with E-state index in [4.69, 9.17) is 15.7 Å². The van der Waals surface area contributed by atoms with Crippen molar-refractivity contribution in [3.63, 3.8) is 0 Å². The van der Waals surface area contributed by atoms with Crippen molar-refractivity contribution in [2.24, 2.45) is 15.7 Å². The molecule has 22 heavy (non-hydrogen) atoms. The van der Waals surface area contributed by atoms with Gasteiger partial charge in [-0.25, -0.2) is 9.98 Å². The molecule has 5 heteroatoms. The molecule has 0 radical (unpaired) electrons. The van der Waals surface area contributed by atoms with Crippen LogP contribution in [0.4, 0.5) is 0 Å². The zero-order valence-corrected chi connectivity index (χ0v) is 14.6. The summed E-state index contributed by atoms with van der Waals surface area (Å²) in [4.78, 5) is 9.58. The largest absolute Gasteiger partial charge is 0.382 e. The van der Waals surface area contributed by atoms with E-state index < -0.39 is 5.66 Å². The number of thioether (sulfide) groups is 1. The predicted molar refractivity (Wildman–Crippen MR) is 98.5 cm³/mol. The molecule has 0 aliphatic carbocycles. The van der Waals surface area contributed by atoms with E-state index in [1.165, 1.54) is 17.3 Å². The van der Waals surface area contributed by atoms with Crippen LogP contribution in [-0.4, -0.2) is 17.1 Å². The second kappa shape index (κ2) is 6.26. The van der Waals surface area contributed by atoms with Crippen LogP contribution in [-0.2, 0) is 12.1 Å². The predicted octanol–water partition coefficient (Wildman–Crippen LogP) is 3.98. The van der Waals surface area contributed by atoms with Crippen LogP contribution in [0.1, 0.15) is 11.1 Å². The van der Waals surface area contributed by atoms with Gasteiger partial charge in [0.15, 0.2) is 11.5 Å². The van der Waals surface area contributed by atoms with E-state index in [-0.39, 0.29) is 0 Å². The number of hydrogen-bond donors (Lipinski definition) is 1. The van der Waals surface area contributed by atoms with Crippen molar-refractivity contribution < 1.29 is 0 Å². The third kappa shape index (κ3) is 2.96. The Bertz CT molecular complexity index is 743. The molecule has 0 saturated heterocycles. The molecule has 3 nitrogen and oxygen atoms in total. The van der Waals surface area contributed by atoms with Crippen LogP contribution in [0.2, 0.25) is 0 Å². The number of halogens is 1. The lowest BCUT2D eigenvalue weighted by atomic mass is 9.93. The maximum absolute atomic E-state index is 6.08. The molecule has 0 aromatic heterocycles. The average Bonchev–Trinajstić information content (AvgIpc) is 2.85. The first-order chi connectivity index (χ1) is 10.6. The third-order valence-corrected chi connectivity index (χ3v) is 4.77. The van der Waals surface area contributed by atoms with Gasteiger partial charge in [0.1, 0.15) is 5.04 Å². The van der Waals surface area contributed by atoms with E-state index in [9.17, 15) is 0 Å². The van der Waals surface area contributed by atoms with Crippen molar-refractivity contribution in [2.75, 3.05) is 6.26 Å². The molecule has 0 bridgehead atoms. The SMILES string of the molecule is CSC1=N[C@@](Cc2ccccc2)(c2cccc(Br)c2)N=C1N. The molecular formula is C17H16BrN3S. The van der Waals surface area contributed by atoms with Gasteiger partial charge in [0.2, 0.25) is 0 Å². The zero-order valence-electron chi connectivity index (χ0n) is 12.2. The molecule has 112 valence electrons. The highest BCUT2D eigenvalue weighted by atomic mass is 79.9. The Kier molecular flexibility index (Phi) is 4.36. The standard InChI is InChI=1S/C17H16BrN3S/c1-22-16-15(19)20-17(21-16,11-12-6-3-2-4-7-12)13-8-5-9-14(18)10-13/h2-10H,11H2,1H3,(H2,19,20)/t17-/m0/s1. The second-order valence-electron chi connectivity index (χ2n) is 5.11. The van der Waals surface area contributed by atoms with Crippen molar-refractivity contribution >= 4 is 38.6 Å². The molecule has 1 aliphatic heterocycles. The van der Waals surface area contributed by atoms with Gasteiger partial charge in [-0.1, -0.05) is 58.4 Å². The van der Waals surface area contributed by atoms with Gasteiger partial charge in [-0.3, -0.25) is 0 Å². The van der Waals surface area contributed by atoms with Gasteiger partial charge < -0.3 is 5.73 Å². The van der Waals surface area contributed by atoms with Crippen LogP contribution in [0.5, 0.6) is 0 Å². The molecule has 1 atom stereocenters. The van der Waals surface area contributed by atoms with Crippen LogP contribution >= 0.6 is 27.7 Å². The van der Waals surface area contributed by atoms with Gasteiger partial charge in [0.05, 0.1) is 0 Å². The minimum Gasteiger partial charge on any atom is -0.382 e. The first kappa shape index (κ1) is 15.3. The van der Waals surface area contributed by atoms with Gasteiger partial charge in [-0.05, 0) is 24.0 Å². The summed E-state index contributed by atoms with van der Waals surface area (Å²) in [5.41, 5.74) is 7.63. The quantitative estimate of drug-likeness (QED) is 0.884. The Morgan fingerprint density at radius 3 is 2.50 bits per heavy atom. The van der Waals surface area contributed by atoms with E-state index in [1.54, 1.807) is 0 Å². The summed E-state index contributed by atoms with van der Waals surface area (Å²) < 4.78 is 1.01. The number of hydrogen-bond acceptors (Lipinski definition) is 4. The molecule has 0 spiro atoms. The first-order valence-electron chi connectivity index (χ1n) is 6.92. The van der Waals surface area contributed by atoms with Crippen molar-refractivity contribution in [3.8, 4) is 0 Å². The summed E-state index contributed by atoms with van der Waals surface area (Å²) in [5.74, 6) is 0.517. The summed E-state index contributed by atoms with van der Waals surface area (Å²) >= 11 is 5.07. The van der Waals surface area contributed by atoms with Crippen LogP contribution in [0.3, 0.4) is 0 Å². The van der Waals surface area contributed by atoms with E-state index in [0.29, 0.717) is 12.3 Å². The Morgan fingerprint density at radius 1 is 1.09 bits per heavy atom. The number of rotatable bonds is 3. The summed E-state index contributed by atoms with van der Waals surface area (Å²) in [6.45, 7) is 0. The van der Waals surface area contributed by atoms with E-state index in [0.717, 1.165) is 15.1 Å². The number of benzene rings is 2. The lowest BCUT2D eigenvalue weighted by Crippen LogP contribution is -2.23. The highest BCUT2D eigenvalue weighted by molar-refractivity contribution is 9.10. The average molecular weight is 374 g/mol. The highest BCUT2D eigenvalue weighted by Gasteiger charge is 2.37. The molecule has 1 heterocycles. The summed E-state index contributed by atoms with van der Waals surface area (Å²) in [7, 11) is 0. The van der Waals surface area contributed by atoms with E-state index in [2.05, 4.69) is 40.2 Å². The summed E-state index contributed by atoms with van der Waals surface area (Å²) in [5, 5.41) is 0.802. The number of nitrogens with zero attached hydrogens (tertiary/aromatic N) is 2. The van der Waals surface area contributed by atoms with Crippen LogP contribution < -0.4 is 5.73 Å². The lowest BCUT2D eigenvalue weighted by Gasteiger charge is -2.24. The first-order valence-corrected chi connectivity index (χ1v) is 8.94.